The number of carbonyl (C=O) groups is 1. The van der Waals surface area contributed by atoms with E-state index in [0.29, 0.717) is 0 Å². The van der Waals surface area contributed by atoms with Crippen molar-refractivity contribution in [3.05, 3.63) is 54.1 Å². The number of fused-ring (bicyclic) bond motifs is 1. The fourth-order valence-electron chi connectivity index (χ4n) is 2.76. The molecule has 0 aliphatic carbocycles. The summed E-state index contributed by atoms with van der Waals surface area (Å²) in [5.41, 5.74) is 4.15. The standard InChI is InChI=1S/C15H14N2O2.Li/c1-10-13-8-16-9-17(13)12(7-14(18)19)15(10)11-5-3-2-4-6-11;/h2-6,8-9,12H,7H2,1H3,(H,18,19);/q;+1/p-1. The number of hydrogen-bond donors (Lipinski definition) is 0. The molecule has 0 radical (unpaired) electrons. The van der Waals surface area contributed by atoms with Crippen molar-refractivity contribution < 1.29 is 28.8 Å². The molecule has 20 heavy (non-hydrogen) atoms. The number of aliphatic carboxylic acids is 1. The first kappa shape index (κ1) is 14.6. The van der Waals surface area contributed by atoms with Gasteiger partial charge in [0, 0.05) is 12.4 Å². The molecule has 1 atom stereocenters. The van der Waals surface area contributed by atoms with Crippen LogP contribution in [0.1, 0.15) is 30.6 Å². The zero-order chi connectivity index (χ0) is 13.4. The van der Waals surface area contributed by atoms with Crippen molar-refractivity contribution in [3.8, 4) is 0 Å². The molecule has 3 rings (SSSR count). The number of carbonyl (C=O) groups excluding carboxylic acids is 1. The second kappa shape index (κ2) is 5.70. The minimum atomic E-state index is -1.05. The van der Waals surface area contributed by atoms with Crippen LogP contribution in [0.5, 0.6) is 0 Å². The van der Waals surface area contributed by atoms with Crippen LogP contribution in [0.2, 0.25) is 0 Å². The number of rotatable bonds is 3. The Morgan fingerprint density at radius 2 is 2.05 bits per heavy atom. The SMILES string of the molecule is CC1=C(c2ccccc2)C(CC(=O)[O-])n2cncc21.[Li+]. The zero-order valence-corrected chi connectivity index (χ0v) is 11.5. The van der Waals surface area contributed by atoms with E-state index in [9.17, 15) is 9.90 Å². The van der Waals surface area contributed by atoms with Crippen molar-refractivity contribution in [2.45, 2.75) is 19.4 Å². The van der Waals surface area contributed by atoms with Crippen LogP contribution >= 0.6 is 0 Å². The minimum Gasteiger partial charge on any atom is -0.550 e. The second-order valence-corrected chi connectivity index (χ2v) is 4.68. The van der Waals surface area contributed by atoms with Gasteiger partial charge in [0.15, 0.2) is 0 Å². The predicted molar refractivity (Wildman–Crippen MR) is 69.8 cm³/mol. The third kappa shape index (κ3) is 2.33. The van der Waals surface area contributed by atoms with E-state index in [-0.39, 0.29) is 31.3 Å². The molecule has 0 fully saturated rings. The first-order chi connectivity index (χ1) is 9.18. The Kier molecular flexibility index (Phi) is 4.17. The topological polar surface area (TPSA) is 57.9 Å². The van der Waals surface area contributed by atoms with Crippen molar-refractivity contribution in [3.63, 3.8) is 0 Å². The van der Waals surface area contributed by atoms with E-state index in [1.54, 1.807) is 12.5 Å². The molecule has 0 bridgehead atoms. The average Bonchev–Trinajstić information content (AvgIpc) is 2.95. The number of carboxylic acids is 1. The molecule has 96 valence electrons. The number of allylic oxidation sites excluding steroid dienone is 2. The Hall–Kier alpha value is -1.76. The largest absolute Gasteiger partial charge is 1.00 e. The Morgan fingerprint density at radius 3 is 2.70 bits per heavy atom. The number of aromatic nitrogens is 2. The monoisotopic (exact) mass is 260 g/mol. The van der Waals surface area contributed by atoms with Crippen LogP contribution in [0.4, 0.5) is 0 Å². The Balaban J connectivity index is 0.00000147. The predicted octanol–water partition coefficient (Wildman–Crippen LogP) is -1.49. The summed E-state index contributed by atoms with van der Waals surface area (Å²) in [4.78, 5) is 15.1. The van der Waals surface area contributed by atoms with Gasteiger partial charge in [-0.25, -0.2) is 4.98 Å². The van der Waals surface area contributed by atoms with Crippen LogP contribution in [-0.4, -0.2) is 15.5 Å². The summed E-state index contributed by atoms with van der Waals surface area (Å²) >= 11 is 0. The summed E-state index contributed by atoms with van der Waals surface area (Å²) in [5, 5.41) is 11.0. The molecular weight excluding hydrogens is 247 g/mol. The third-order valence-corrected chi connectivity index (χ3v) is 3.57. The molecule has 1 aromatic carbocycles. The molecule has 0 saturated heterocycles. The molecule has 0 saturated carbocycles. The van der Waals surface area contributed by atoms with Crippen molar-refractivity contribution in [2.24, 2.45) is 0 Å². The van der Waals surface area contributed by atoms with Gasteiger partial charge in [-0.1, -0.05) is 30.3 Å². The van der Waals surface area contributed by atoms with Crippen LogP contribution in [0.15, 0.2) is 42.9 Å². The van der Waals surface area contributed by atoms with Gasteiger partial charge in [0.2, 0.25) is 0 Å². The maximum absolute atomic E-state index is 11.0. The minimum absolute atomic E-state index is 0. The van der Waals surface area contributed by atoms with Crippen LogP contribution < -0.4 is 24.0 Å². The van der Waals surface area contributed by atoms with Gasteiger partial charge >= 0.3 is 18.9 Å². The fraction of sp³-hybridized carbons (Fsp3) is 0.200. The van der Waals surface area contributed by atoms with Crippen LogP contribution in [0, 0.1) is 0 Å². The van der Waals surface area contributed by atoms with Gasteiger partial charge in [-0.2, -0.15) is 0 Å². The van der Waals surface area contributed by atoms with Gasteiger partial charge in [0.25, 0.3) is 0 Å². The summed E-state index contributed by atoms with van der Waals surface area (Å²) < 4.78 is 1.91. The first-order valence-electron chi connectivity index (χ1n) is 6.16. The van der Waals surface area contributed by atoms with E-state index >= 15 is 0 Å². The fourth-order valence-corrected chi connectivity index (χ4v) is 2.76. The van der Waals surface area contributed by atoms with Gasteiger partial charge in [0.1, 0.15) is 0 Å². The number of benzene rings is 1. The molecule has 1 unspecified atom stereocenters. The smallest absolute Gasteiger partial charge is 0.550 e. The molecule has 0 N–H and O–H groups in total. The molecule has 5 heteroatoms. The molecule has 4 nitrogen and oxygen atoms in total. The molecule has 0 amide bonds. The molecule has 1 aliphatic rings. The van der Waals surface area contributed by atoms with Crippen LogP contribution in [-0.2, 0) is 4.79 Å². The normalized spacial score (nSPS) is 16.8. The first-order valence-corrected chi connectivity index (χ1v) is 6.16. The van der Waals surface area contributed by atoms with Gasteiger partial charge in [-0.15, -0.1) is 0 Å². The third-order valence-electron chi connectivity index (χ3n) is 3.57. The summed E-state index contributed by atoms with van der Waals surface area (Å²) in [6, 6.07) is 9.63. The summed E-state index contributed by atoms with van der Waals surface area (Å²) in [6.07, 6.45) is 3.42. The summed E-state index contributed by atoms with van der Waals surface area (Å²) in [6.45, 7) is 2.01. The number of carboxylic acid groups (broad SMARTS) is 1. The van der Waals surface area contributed by atoms with Crippen molar-refractivity contribution in [1.29, 1.82) is 0 Å². The Morgan fingerprint density at radius 1 is 1.35 bits per heavy atom. The molecule has 2 heterocycles. The summed E-state index contributed by atoms with van der Waals surface area (Å²) in [7, 11) is 0. The van der Waals surface area contributed by atoms with Gasteiger partial charge in [-0.3, -0.25) is 0 Å². The van der Waals surface area contributed by atoms with E-state index in [0.717, 1.165) is 22.4 Å². The van der Waals surface area contributed by atoms with E-state index in [2.05, 4.69) is 4.98 Å². The molecule has 2 aromatic rings. The van der Waals surface area contributed by atoms with E-state index in [1.165, 1.54) is 0 Å². The van der Waals surface area contributed by atoms with E-state index < -0.39 is 5.97 Å². The zero-order valence-electron chi connectivity index (χ0n) is 11.5. The van der Waals surface area contributed by atoms with Crippen molar-refractivity contribution in [2.75, 3.05) is 0 Å². The summed E-state index contributed by atoms with van der Waals surface area (Å²) in [5.74, 6) is -1.05. The second-order valence-electron chi connectivity index (χ2n) is 4.68. The molecule has 1 aliphatic heterocycles. The molecule has 0 spiro atoms. The number of hydrogen-bond acceptors (Lipinski definition) is 3. The van der Waals surface area contributed by atoms with Crippen LogP contribution in [0.25, 0.3) is 11.1 Å². The number of nitrogens with zero attached hydrogens (tertiary/aromatic N) is 2. The van der Waals surface area contributed by atoms with Crippen molar-refractivity contribution in [1.82, 2.24) is 9.55 Å². The van der Waals surface area contributed by atoms with Gasteiger partial charge in [-0.05, 0) is 23.6 Å². The number of imidazole rings is 1. The van der Waals surface area contributed by atoms with Gasteiger partial charge < -0.3 is 14.5 Å². The van der Waals surface area contributed by atoms with Crippen molar-refractivity contribution >= 4 is 17.1 Å². The quantitative estimate of drug-likeness (QED) is 0.632. The van der Waals surface area contributed by atoms with E-state index in [1.807, 2.05) is 41.8 Å². The molecular formula is C15H13LiN2O2. The maximum Gasteiger partial charge on any atom is 1.00 e. The van der Waals surface area contributed by atoms with Gasteiger partial charge in [0.05, 0.1) is 24.3 Å². The van der Waals surface area contributed by atoms with Crippen LogP contribution in [0.3, 0.4) is 0 Å². The molecule has 1 aromatic heterocycles. The maximum atomic E-state index is 11.0. The average molecular weight is 260 g/mol. The van der Waals surface area contributed by atoms with E-state index in [4.69, 9.17) is 0 Å². The Labute approximate surface area is 129 Å². The Bertz CT molecular complexity index is 662.